The van der Waals surface area contributed by atoms with Crippen molar-refractivity contribution in [2.75, 3.05) is 11.9 Å². The molecule has 7 heteroatoms. The number of Topliss-reactive ketones (excluding diaryl/α,β-unsaturated/α-hetero) is 1. The molecular formula is C16H23N3O4. The Morgan fingerprint density at radius 2 is 1.83 bits per heavy atom. The summed E-state index contributed by atoms with van der Waals surface area (Å²) in [5, 5.41) is 5.02. The van der Waals surface area contributed by atoms with E-state index in [4.69, 9.17) is 10.5 Å². The molecule has 0 saturated carbocycles. The molecule has 23 heavy (non-hydrogen) atoms. The van der Waals surface area contributed by atoms with E-state index >= 15 is 0 Å². The fourth-order valence-corrected chi connectivity index (χ4v) is 1.72. The molecule has 0 aliphatic rings. The third-order valence-electron chi connectivity index (χ3n) is 2.77. The first kappa shape index (κ1) is 18.6. The lowest BCUT2D eigenvalue weighted by molar-refractivity contribution is -0.117. The molecule has 126 valence electrons. The predicted molar refractivity (Wildman–Crippen MR) is 87.3 cm³/mol. The molecule has 0 spiro atoms. The van der Waals surface area contributed by atoms with Crippen LogP contribution in [0.2, 0.25) is 0 Å². The first-order valence-corrected chi connectivity index (χ1v) is 7.23. The summed E-state index contributed by atoms with van der Waals surface area (Å²) in [5.74, 6) is -0.670. The van der Waals surface area contributed by atoms with Gasteiger partial charge < -0.3 is 21.1 Å². The molecule has 1 unspecified atom stereocenters. The van der Waals surface area contributed by atoms with Crippen LogP contribution in [0, 0.1) is 0 Å². The normalized spacial score (nSPS) is 12.2. The fraction of sp³-hybridized carbons (Fsp3) is 0.438. The quantitative estimate of drug-likeness (QED) is 0.715. The average Bonchev–Trinajstić information content (AvgIpc) is 2.43. The summed E-state index contributed by atoms with van der Waals surface area (Å²) in [4.78, 5) is 35.1. The van der Waals surface area contributed by atoms with Crippen molar-refractivity contribution < 1.29 is 19.1 Å². The van der Waals surface area contributed by atoms with Crippen molar-refractivity contribution in [3.05, 3.63) is 29.8 Å². The summed E-state index contributed by atoms with van der Waals surface area (Å²) < 4.78 is 5.05. The Morgan fingerprint density at radius 3 is 2.39 bits per heavy atom. The molecule has 0 aromatic heterocycles. The van der Waals surface area contributed by atoms with E-state index in [0.717, 1.165) is 0 Å². The Balaban J connectivity index is 2.58. The molecule has 1 rings (SSSR count). The highest BCUT2D eigenvalue weighted by Gasteiger charge is 2.20. The molecular weight excluding hydrogens is 298 g/mol. The first-order valence-electron chi connectivity index (χ1n) is 7.23. The molecule has 2 amide bonds. The topological polar surface area (TPSA) is 111 Å². The lowest BCUT2D eigenvalue weighted by Gasteiger charge is -2.20. The number of nitrogens with one attached hydrogen (secondary N) is 2. The van der Waals surface area contributed by atoms with Crippen LogP contribution >= 0.6 is 0 Å². The van der Waals surface area contributed by atoms with Gasteiger partial charge in [-0.05, 0) is 39.8 Å². The van der Waals surface area contributed by atoms with Gasteiger partial charge in [-0.2, -0.15) is 0 Å². The number of anilines is 1. The SMILES string of the molecule is CC(=O)c1ccccc1NC(=O)C(N)CNC(=O)OC(C)(C)C. The molecule has 0 heterocycles. The molecule has 0 aliphatic heterocycles. The number of para-hydroxylation sites is 1. The molecule has 4 N–H and O–H groups in total. The van der Waals surface area contributed by atoms with Crippen LogP contribution in [0.1, 0.15) is 38.1 Å². The zero-order valence-electron chi connectivity index (χ0n) is 13.8. The minimum atomic E-state index is -0.970. The van der Waals surface area contributed by atoms with Crippen molar-refractivity contribution in [1.82, 2.24) is 5.32 Å². The number of nitrogens with two attached hydrogens (primary N) is 1. The number of hydrogen-bond acceptors (Lipinski definition) is 5. The molecule has 1 atom stereocenters. The van der Waals surface area contributed by atoms with Crippen LogP contribution in [0.5, 0.6) is 0 Å². The molecule has 7 nitrogen and oxygen atoms in total. The molecule has 1 aromatic carbocycles. The highest BCUT2D eigenvalue weighted by Crippen LogP contribution is 2.15. The number of benzene rings is 1. The van der Waals surface area contributed by atoms with Gasteiger partial charge in [0.25, 0.3) is 0 Å². The van der Waals surface area contributed by atoms with Gasteiger partial charge in [-0.3, -0.25) is 9.59 Å². The second-order valence-electron chi connectivity index (χ2n) is 6.08. The minimum Gasteiger partial charge on any atom is -0.444 e. The van der Waals surface area contributed by atoms with Crippen LogP contribution in [0.4, 0.5) is 10.5 Å². The third kappa shape index (κ3) is 6.48. The molecule has 0 bridgehead atoms. The Morgan fingerprint density at radius 1 is 1.22 bits per heavy atom. The largest absolute Gasteiger partial charge is 0.444 e. The van der Waals surface area contributed by atoms with Gasteiger partial charge in [0, 0.05) is 12.1 Å². The number of hydrogen-bond donors (Lipinski definition) is 3. The van der Waals surface area contributed by atoms with Crippen LogP contribution in [0.3, 0.4) is 0 Å². The van der Waals surface area contributed by atoms with Crippen molar-refractivity contribution in [1.29, 1.82) is 0 Å². The van der Waals surface area contributed by atoms with Crippen molar-refractivity contribution in [2.24, 2.45) is 5.73 Å². The van der Waals surface area contributed by atoms with E-state index < -0.39 is 23.6 Å². The van der Waals surface area contributed by atoms with Gasteiger partial charge in [0.2, 0.25) is 5.91 Å². The second-order valence-corrected chi connectivity index (χ2v) is 6.08. The van der Waals surface area contributed by atoms with E-state index in [2.05, 4.69) is 10.6 Å². The van der Waals surface area contributed by atoms with Crippen LogP contribution in [0.25, 0.3) is 0 Å². The van der Waals surface area contributed by atoms with E-state index in [1.54, 1.807) is 45.0 Å². The average molecular weight is 321 g/mol. The van der Waals surface area contributed by atoms with E-state index in [-0.39, 0.29) is 12.3 Å². The van der Waals surface area contributed by atoms with Crippen LogP contribution in [-0.2, 0) is 9.53 Å². The standard InChI is InChI=1S/C16H23N3O4/c1-10(20)11-7-5-6-8-13(11)19-14(21)12(17)9-18-15(22)23-16(2,3)4/h5-8,12H,9,17H2,1-4H3,(H,18,22)(H,19,21). The maximum Gasteiger partial charge on any atom is 0.407 e. The van der Waals surface area contributed by atoms with Gasteiger partial charge >= 0.3 is 6.09 Å². The summed E-state index contributed by atoms with van der Waals surface area (Å²) in [6.45, 7) is 6.53. The summed E-state index contributed by atoms with van der Waals surface area (Å²) in [5.41, 5.74) is 5.89. The Kier molecular flexibility index (Phi) is 6.27. The van der Waals surface area contributed by atoms with E-state index in [9.17, 15) is 14.4 Å². The highest BCUT2D eigenvalue weighted by atomic mass is 16.6. The van der Waals surface area contributed by atoms with E-state index in [1.807, 2.05) is 0 Å². The number of alkyl carbamates (subject to hydrolysis) is 1. The zero-order chi connectivity index (χ0) is 17.6. The first-order chi connectivity index (χ1) is 10.6. The third-order valence-corrected chi connectivity index (χ3v) is 2.77. The number of amides is 2. The number of ketones is 1. The van der Waals surface area contributed by atoms with Crippen LogP contribution in [0.15, 0.2) is 24.3 Å². The Labute approximate surface area is 135 Å². The summed E-state index contributed by atoms with van der Waals surface area (Å²) >= 11 is 0. The lowest BCUT2D eigenvalue weighted by atomic mass is 10.1. The highest BCUT2D eigenvalue weighted by molar-refractivity contribution is 6.04. The van der Waals surface area contributed by atoms with Gasteiger partial charge in [0.1, 0.15) is 11.6 Å². The fourth-order valence-electron chi connectivity index (χ4n) is 1.72. The maximum atomic E-state index is 12.0. The Bertz CT molecular complexity index is 593. The molecule has 0 fully saturated rings. The van der Waals surface area contributed by atoms with Crippen molar-refractivity contribution in [3.8, 4) is 0 Å². The van der Waals surface area contributed by atoms with Crippen molar-refractivity contribution >= 4 is 23.5 Å². The zero-order valence-corrected chi connectivity index (χ0v) is 13.8. The van der Waals surface area contributed by atoms with Gasteiger partial charge in [-0.25, -0.2) is 4.79 Å². The van der Waals surface area contributed by atoms with Gasteiger partial charge in [0.05, 0.1) is 5.69 Å². The van der Waals surface area contributed by atoms with Gasteiger partial charge in [-0.1, -0.05) is 12.1 Å². The maximum absolute atomic E-state index is 12.0. The van der Waals surface area contributed by atoms with Crippen LogP contribution < -0.4 is 16.4 Å². The molecule has 0 aliphatic carbocycles. The smallest absolute Gasteiger partial charge is 0.407 e. The monoisotopic (exact) mass is 321 g/mol. The van der Waals surface area contributed by atoms with Gasteiger partial charge in [-0.15, -0.1) is 0 Å². The summed E-state index contributed by atoms with van der Waals surface area (Å²) in [6.07, 6.45) is -0.648. The number of ether oxygens (including phenoxy) is 1. The van der Waals surface area contributed by atoms with E-state index in [1.165, 1.54) is 6.92 Å². The van der Waals surface area contributed by atoms with E-state index in [0.29, 0.717) is 11.3 Å². The number of carbonyl (C=O) groups is 3. The second kappa shape index (κ2) is 7.73. The number of rotatable bonds is 5. The molecule has 0 radical (unpaired) electrons. The molecule has 0 saturated heterocycles. The van der Waals surface area contributed by atoms with Crippen molar-refractivity contribution in [3.63, 3.8) is 0 Å². The van der Waals surface area contributed by atoms with Gasteiger partial charge in [0.15, 0.2) is 5.78 Å². The summed E-state index contributed by atoms with van der Waals surface area (Å²) in [7, 11) is 0. The number of carbonyl (C=O) groups excluding carboxylic acids is 3. The van der Waals surface area contributed by atoms with Crippen LogP contribution in [-0.4, -0.2) is 36.0 Å². The minimum absolute atomic E-state index is 0.0804. The van der Waals surface area contributed by atoms with Crippen molar-refractivity contribution in [2.45, 2.75) is 39.3 Å². The Hall–Kier alpha value is -2.41. The molecule has 1 aromatic rings. The predicted octanol–water partition coefficient (Wildman–Crippen LogP) is 1.68. The lowest BCUT2D eigenvalue weighted by Crippen LogP contribution is -2.46. The summed E-state index contributed by atoms with van der Waals surface area (Å²) in [6, 6.07) is 5.66.